The van der Waals surface area contributed by atoms with Crippen molar-refractivity contribution < 1.29 is 27.6 Å². The largest absolute Gasteiger partial charge is 0.494 e. The molecule has 0 unspecified atom stereocenters. The van der Waals surface area contributed by atoms with Crippen molar-refractivity contribution in [3.8, 4) is 5.75 Å². The molecule has 0 radical (unpaired) electrons. The number of carbonyl (C=O) groups excluding carboxylic acids is 1. The molecule has 0 aromatic heterocycles. The van der Waals surface area contributed by atoms with Crippen LogP contribution in [0.5, 0.6) is 5.75 Å². The Labute approximate surface area is 125 Å². The fourth-order valence-electron chi connectivity index (χ4n) is 1.64. The Balaban J connectivity index is 3.62. The maximum absolute atomic E-state index is 12.3. The average Bonchev–Trinajstić information content (AvgIpc) is 2.35. The van der Waals surface area contributed by atoms with E-state index in [1.54, 1.807) is 0 Å². The predicted molar refractivity (Wildman–Crippen MR) is 71.5 cm³/mol. The number of anilines is 1. The molecule has 0 saturated heterocycles. The average molecular weight is 371 g/mol. The lowest BCUT2D eigenvalue weighted by Crippen LogP contribution is -2.30. The first-order chi connectivity index (χ1) is 9.52. The van der Waals surface area contributed by atoms with Crippen LogP contribution in [0, 0.1) is 24.0 Å². The van der Waals surface area contributed by atoms with E-state index in [1.165, 1.54) is 19.2 Å². The van der Waals surface area contributed by atoms with E-state index < -0.39 is 28.4 Å². The van der Waals surface area contributed by atoms with E-state index in [-0.39, 0.29) is 10.2 Å². The number of halogens is 4. The normalized spacial score (nSPS) is 11.2. The molecule has 0 heterocycles. The summed E-state index contributed by atoms with van der Waals surface area (Å²) in [6.07, 6.45) is -5.18. The number of methoxy groups -OCH3 is 1. The number of rotatable bonds is 3. The number of hydrogen-bond donors (Lipinski definition) is 1. The zero-order valence-corrected chi connectivity index (χ0v) is 12.7. The maximum Gasteiger partial charge on any atom is 0.471 e. The Morgan fingerprint density at radius 2 is 1.86 bits per heavy atom. The fraction of sp³-hybridized carbons (Fsp3) is 0.364. The van der Waals surface area contributed by atoms with Gasteiger partial charge in [0.15, 0.2) is 11.4 Å². The highest BCUT2D eigenvalue weighted by atomic mass is 79.9. The van der Waals surface area contributed by atoms with Gasteiger partial charge < -0.3 is 10.1 Å². The minimum atomic E-state index is -5.18. The highest BCUT2D eigenvalue weighted by molar-refractivity contribution is 9.10. The van der Waals surface area contributed by atoms with E-state index in [0.29, 0.717) is 11.1 Å². The number of ether oxygens (including phenoxy) is 1. The molecule has 0 spiro atoms. The van der Waals surface area contributed by atoms with Crippen LogP contribution in [-0.2, 0) is 4.79 Å². The molecule has 0 aliphatic rings. The number of nitrogens with one attached hydrogen (secondary N) is 1. The summed E-state index contributed by atoms with van der Waals surface area (Å²) in [4.78, 5) is 21.3. The molecule has 116 valence electrons. The number of benzene rings is 1. The first-order valence-electron chi connectivity index (χ1n) is 5.41. The molecule has 21 heavy (non-hydrogen) atoms. The van der Waals surface area contributed by atoms with E-state index in [0.717, 1.165) is 7.11 Å². The van der Waals surface area contributed by atoms with Crippen LogP contribution in [0.1, 0.15) is 11.1 Å². The van der Waals surface area contributed by atoms with Crippen molar-refractivity contribution in [2.24, 2.45) is 0 Å². The summed E-state index contributed by atoms with van der Waals surface area (Å²) in [6.45, 7) is 3.04. The Bertz CT molecular complexity index is 617. The molecular formula is C11H10BrF3N2O4. The van der Waals surface area contributed by atoms with Crippen LogP contribution in [-0.4, -0.2) is 24.1 Å². The molecule has 0 aliphatic carbocycles. The minimum absolute atomic E-state index is 0.0247. The van der Waals surface area contributed by atoms with Crippen molar-refractivity contribution >= 4 is 33.2 Å². The molecule has 0 aliphatic heterocycles. The minimum Gasteiger partial charge on any atom is -0.494 e. The van der Waals surface area contributed by atoms with Crippen LogP contribution >= 0.6 is 15.9 Å². The number of nitro benzene ring substituents is 1. The Kier molecular flexibility index (Phi) is 4.82. The van der Waals surface area contributed by atoms with Gasteiger partial charge >= 0.3 is 17.8 Å². The number of alkyl halides is 3. The van der Waals surface area contributed by atoms with Crippen LogP contribution < -0.4 is 10.1 Å². The maximum atomic E-state index is 12.3. The van der Waals surface area contributed by atoms with Crippen molar-refractivity contribution in [3.05, 3.63) is 25.7 Å². The summed E-state index contributed by atoms with van der Waals surface area (Å²) in [5.41, 5.74) is -0.552. The second kappa shape index (κ2) is 5.88. The van der Waals surface area contributed by atoms with Crippen LogP contribution in [0.15, 0.2) is 4.47 Å². The predicted octanol–water partition coefficient (Wildman–Crippen LogP) is 3.48. The zero-order valence-electron chi connectivity index (χ0n) is 11.1. The van der Waals surface area contributed by atoms with Gasteiger partial charge in [0, 0.05) is 0 Å². The Morgan fingerprint density at radius 1 is 1.33 bits per heavy atom. The fourth-order valence-corrected chi connectivity index (χ4v) is 2.28. The van der Waals surface area contributed by atoms with Crippen molar-refractivity contribution in [1.82, 2.24) is 0 Å². The van der Waals surface area contributed by atoms with Gasteiger partial charge in [0.1, 0.15) is 4.47 Å². The number of carbonyl (C=O) groups is 1. The van der Waals surface area contributed by atoms with Crippen molar-refractivity contribution in [2.75, 3.05) is 12.4 Å². The third-order valence-electron chi connectivity index (χ3n) is 2.79. The highest BCUT2D eigenvalue weighted by Gasteiger charge is 2.41. The van der Waals surface area contributed by atoms with Crippen molar-refractivity contribution in [3.63, 3.8) is 0 Å². The first kappa shape index (κ1) is 17.2. The molecule has 1 rings (SSSR count). The van der Waals surface area contributed by atoms with Crippen molar-refractivity contribution in [2.45, 2.75) is 20.0 Å². The molecule has 1 amide bonds. The van der Waals surface area contributed by atoms with Gasteiger partial charge in [-0.1, -0.05) is 0 Å². The summed E-state index contributed by atoms with van der Waals surface area (Å²) in [6, 6.07) is 0. The van der Waals surface area contributed by atoms with Crippen LogP contribution in [0.3, 0.4) is 0 Å². The molecule has 6 nitrogen and oxygen atoms in total. The SMILES string of the molecule is COc1c(C)c(C)c(Br)c([N+](=O)[O-])c1NC(=O)C(F)(F)F. The van der Waals surface area contributed by atoms with Gasteiger partial charge in [-0.3, -0.25) is 14.9 Å². The van der Waals surface area contributed by atoms with Gasteiger partial charge in [0.25, 0.3) is 0 Å². The van der Waals surface area contributed by atoms with Crippen LogP contribution in [0.4, 0.5) is 24.5 Å². The molecule has 10 heteroatoms. The number of nitro groups is 1. The number of nitrogens with zero attached hydrogens (tertiary/aromatic N) is 1. The molecule has 0 atom stereocenters. The van der Waals surface area contributed by atoms with E-state index >= 15 is 0 Å². The summed E-state index contributed by atoms with van der Waals surface area (Å²) < 4.78 is 41.9. The van der Waals surface area contributed by atoms with Crippen LogP contribution in [0.25, 0.3) is 0 Å². The monoisotopic (exact) mass is 370 g/mol. The second-order valence-corrected chi connectivity index (χ2v) is 4.82. The van der Waals surface area contributed by atoms with Gasteiger partial charge in [0.05, 0.1) is 12.0 Å². The zero-order chi connectivity index (χ0) is 16.5. The van der Waals surface area contributed by atoms with Crippen molar-refractivity contribution in [1.29, 1.82) is 0 Å². The van der Waals surface area contributed by atoms with E-state index in [2.05, 4.69) is 15.9 Å². The first-order valence-corrected chi connectivity index (χ1v) is 6.20. The van der Waals surface area contributed by atoms with Gasteiger partial charge in [-0.25, -0.2) is 0 Å². The summed E-state index contributed by atoms with van der Waals surface area (Å²) in [5, 5.41) is 12.6. The second-order valence-electron chi connectivity index (χ2n) is 4.03. The number of hydrogen-bond acceptors (Lipinski definition) is 4. The lowest BCUT2D eigenvalue weighted by Gasteiger charge is -2.17. The Morgan fingerprint density at radius 3 is 2.24 bits per heavy atom. The molecule has 0 bridgehead atoms. The van der Waals surface area contributed by atoms with Crippen LogP contribution in [0.2, 0.25) is 0 Å². The van der Waals surface area contributed by atoms with Gasteiger partial charge in [-0.15, -0.1) is 0 Å². The lowest BCUT2D eigenvalue weighted by molar-refractivity contribution is -0.384. The molecule has 1 aromatic rings. The molecule has 1 N–H and O–H groups in total. The lowest BCUT2D eigenvalue weighted by atomic mass is 10.1. The summed E-state index contributed by atoms with van der Waals surface area (Å²) >= 11 is 2.96. The van der Waals surface area contributed by atoms with E-state index in [1.807, 2.05) is 0 Å². The Hall–Kier alpha value is -1.84. The summed E-state index contributed by atoms with van der Waals surface area (Å²) in [7, 11) is 1.14. The molecular weight excluding hydrogens is 361 g/mol. The van der Waals surface area contributed by atoms with Gasteiger partial charge in [-0.2, -0.15) is 13.2 Å². The highest BCUT2D eigenvalue weighted by Crippen LogP contribution is 2.45. The van der Waals surface area contributed by atoms with E-state index in [9.17, 15) is 28.1 Å². The topological polar surface area (TPSA) is 81.5 Å². The molecule has 0 saturated carbocycles. The third kappa shape index (κ3) is 3.26. The van der Waals surface area contributed by atoms with E-state index in [4.69, 9.17) is 4.74 Å². The van der Waals surface area contributed by atoms with Gasteiger partial charge in [-0.05, 0) is 40.9 Å². The summed E-state index contributed by atoms with van der Waals surface area (Å²) in [5.74, 6) is -2.51. The third-order valence-corrected chi connectivity index (χ3v) is 3.76. The quantitative estimate of drug-likeness (QED) is 0.652. The molecule has 0 fully saturated rings. The standard InChI is InChI=1S/C11H10BrF3N2O4/c1-4-5(2)9(21-3)7(8(6(4)12)17(19)20)16-10(18)11(13,14)15/h1-3H3,(H,16,18). The molecule has 1 aromatic carbocycles. The smallest absolute Gasteiger partial charge is 0.471 e. The number of amides is 1. The van der Waals surface area contributed by atoms with Gasteiger partial charge in [0.2, 0.25) is 0 Å².